The maximum Gasteiger partial charge on any atom is 0.326 e. The maximum atomic E-state index is 12.2. The number of carboxylic acid groups (broad SMARTS) is 1. The molecule has 0 saturated carbocycles. The first-order valence-corrected chi connectivity index (χ1v) is 11.2. The third kappa shape index (κ3) is 3.61. The number of thiophene rings is 1. The second-order valence-corrected chi connectivity index (χ2v) is 8.83. The van der Waals surface area contributed by atoms with E-state index in [1.165, 1.54) is 23.2 Å². The minimum Gasteiger partial charge on any atom is -0.480 e. The number of nitrogens with one attached hydrogen (secondary N) is 2. The molecule has 0 amide bonds. The highest BCUT2D eigenvalue weighted by atomic mass is 32.1. The van der Waals surface area contributed by atoms with Crippen LogP contribution in [0, 0.1) is 13.8 Å². The summed E-state index contributed by atoms with van der Waals surface area (Å²) in [6.45, 7) is 4.15. The molecular formula is C25H22N4O2S. The van der Waals surface area contributed by atoms with E-state index in [4.69, 9.17) is 0 Å². The smallest absolute Gasteiger partial charge is 0.326 e. The molecule has 5 aromatic rings. The number of para-hydroxylation sites is 1. The fourth-order valence-corrected chi connectivity index (χ4v) is 5.09. The topological polar surface area (TPSA) is 90.9 Å². The van der Waals surface area contributed by atoms with Gasteiger partial charge in [-0.15, -0.1) is 11.3 Å². The van der Waals surface area contributed by atoms with Crippen molar-refractivity contribution < 1.29 is 9.90 Å². The molecule has 1 atom stereocenters. The molecule has 3 aromatic heterocycles. The van der Waals surface area contributed by atoms with Crippen LogP contribution in [0.2, 0.25) is 0 Å². The molecule has 3 N–H and O–H groups in total. The molecule has 0 fully saturated rings. The van der Waals surface area contributed by atoms with Gasteiger partial charge in [0.05, 0.1) is 5.39 Å². The predicted octanol–water partition coefficient (Wildman–Crippen LogP) is 5.56. The number of aliphatic carboxylic acids is 1. The van der Waals surface area contributed by atoms with Crippen LogP contribution >= 0.6 is 11.3 Å². The van der Waals surface area contributed by atoms with Crippen LogP contribution in [0.3, 0.4) is 0 Å². The third-order valence-electron chi connectivity index (χ3n) is 5.75. The fraction of sp³-hybridized carbons (Fsp3) is 0.160. The van der Waals surface area contributed by atoms with E-state index < -0.39 is 12.0 Å². The highest BCUT2D eigenvalue weighted by molar-refractivity contribution is 7.17. The number of carboxylic acids is 1. The second-order valence-electron chi connectivity index (χ2n) is 7.97. The Morgan fingerprint density at radius 2 is 2.00 bits per heavy atom. The lowest BCUT2D eigenvalue weighted by molar-refractivity contribution is -0.137. The zero-order valence-electron chi connectivity index (χ0n) is 17.7. The lowest BCUT2D eigenvalue weighted by Gasteiger charge is -2.16. The highest BCUT2D eigenvalue weighted by Crippen LogP contribution is 2.38. The maximum absolute atomic E-state index is 12.2. The summed E-state index contributed by atoms with van der Waals surface area (Å²) < 4.78 is 0. The summed E-state index contributed by atoms with van der Waals surface area (Å²) in [7, 11) is 0. The van der Waals surface area contributed by atoms with Gasteiger partial charge in [-0.2, -0.15) is 0 Å². The average Bonchev–Trinajstić information content (AvgIpc) is 3.38. The first-order chi connectivity index (χ1) is 15.5. The van der Waals surface area contributed by atoms with Gasteiger partial charge in [-0.1, -0.05) is 42.0 Å². The average molecular weight is 443 g/mol. The molecule has 6 nitrogen and oxygen atoms in total. The lowest BCUT2D eigenvalue weighted by Crippen LogP contribution is -2.32. The number of nitrogens with zero attached hydrogens (tertiary/aromatic N) is 2. The van der Waals surface area contributed by atoms with Crippen molar-refractivity contribution in [2.75, 3.05) is 5.32 Å². The Kier molecular flexibility index (Phi) is 5.11. The lowest BCUT2D eigenvalue weighted by atomic mass is 9.99. The van der Waals surface area contributed by atoms with E-state index in [1.807, 2.05) is 30.5 Å². The molecule has 1 unspecified atom stereocenters. The van der Waals surface area contributed by atoms with Gasteiger partial charge in [-0.05, 0) is 36.6 Å². The SMILES string of the molecule is Cc1ccc(-c2csc3ncnc(NC(Cc4c[nH]c5ccccc45)C(=O)O)c23)c(C)c1. The van der Waals surface area contributed by atoms with Crippen LogP contribution in [0.4, 0.5) is 5.82 Å². The molecule has 2 aromatic carbocycles. The van der Waals surface area contributed by atoms with Crippen molar-refractivity contribution >= 4 is 44.2 Å². The summed E-state index contributed by atoms with van der Waals surface area (Å²) in [4.78, 5) is 25.1. The van der Waals surface area contributed by atoms with Crippen molar-refractivity contribution in [1.29, 1.82) is 0 Å². The van der Waals surface area contributed by atoms with Crippen molar-refractivity contribution in [3.05, 3.63) is 77.1 Å². The van der Waals surface area contributed by atoms with Crippen molar-refractivity contribution in [3.8, 4) is 11.1 Å². The van der Waals surface area contributed by atoms with Crippen LogP contribution in [0.25, 0.3) is 32.2 Å². The standard InChI is InChI=1S/C25H22N4O2S/c1-14-7-8-17(15(2)9-14)19-12-32-24-22(19)23(27-13-28-24)29-21(25(30)31)10-16-11-26-20-6-4-3-5-18(16)20/h3-9,11-13,21,26H,10H2,1-2H3,(H,30,31)(H,27,28,29). The van der Waals surface area contributed by atoms with E-state index in [2.05, 4.69) is 57.7 Å². The molecule has 0 aliphatic heterocycles. The van der Waals surface area contributed by atoms with Gasteiger partial charge >= 0.3 is 5.97 Å². The monoisotopic (exact) mass is 442 g/mol. The minimum absolute atomic E-state index is 0.327. The second kappa shape index (κ2) is 8.09. The van der Waals surface area contributed by atoms with Crippen molar-refractivity contribution in [3.63, 3.8) is 0 Å². The number of aromatic nitrogens is 3. The summed E-state index contributed by atoms with van der Waals surface area (Å²) in [6.07, 6.45) is 3.69. The van der Waals surface area contributed by atoms with E-state index in [9.17, 15) is 9.90 Å². The van der Waals surface area contributed by atoms with Crippen LogP contribution < -0.4 is 5.32 Å². The van der Waals surface area contributed by atoms with Gasteiger partial charge < -0.3 is 15.4 Å². The van der Waals surface area contributed by atoms with Crippen LogP contribution in [0.5, 0.6) is 0 Å². The number of rotatable bonds is 6. The number of hydrogen-bond acceptors (Lipinski definition) is 5. The molecule has 0 bridgehead atoms. The molecule has 0 aliphatic rings. The Bertz CT molecular complexity index is 1450. The zero-order valence-corrected chi connectivity index (χ0v) is 18.5. The number of hydrogen-bond donors (Lipinski definition) is 3. The molecule has 5 rings (SSSR count). The van der Waals surface area contributed by atoms with Gasteiger partial charge in [0, 0.05) is 34.5 Å². The Hall–Kier alpha value is -3.71. The van der Waals surface area contributed by atoms with Gasteiger partial charge in [0.1, 0.15) is 23.0 Å². The molecule has 160 valence electrons. The van der Waals surface area contributed by atoms with Crippen LogP contribution in [0.1, 0.15) is 16.7 Å². The first kappa shape index (κ1) is 20.2. The summed E-state index contributed by atoms with van der Waals surface area (Å²) in [6, 6.07) is 13.4. The molecule has 32 heavy (non-hydrogen) atoms. The molecule has 0 spiro atoms. The van der Waals surface area contributed by atoms with E-state index in [0.717, 1.165) is 43.4 Å². The zero-order chi connectivity index (χ0) is 22.2. The van der Waals surface area contributed by atoms with E-state index in [0.29, 0.717) is 12.2 Å². The number of aromatic amines is 1. The molecule has 0 aliphatic carbocycles. The Morgan fingerprint density at radius 1 is 1.16 bits per heavy atom. The van der Waals surface area contributed by atoms with Gasteiger partial charge in [0.15, 0.2) is 0 Å². The number of fused-ring (bicyclic) bond motifs is 2. The molecular weight excluding hydrogens is 420 g/mol. The van der Waals surface area contributed by atoms with Crippen molar-refractivity contribution in [2.24, 2.45) is 0 Å². The molecule has 0 saturated heterocycles. The van der Waals surface area contributed by atoms with E-state index >= 15 is 0 Å². The quantitative estimate of drug-likeness (QED) is 0.320. The van der Waals surface area contributed by atoms with Crippen molar-refractivity contribution in [2.45, 2.75) is 26.3 Å². The summed E-state index contributed by atoms with van der Waals surface area (Å²) in [5.41, 5.74) is 6.42. The third-order valence-corrected chi connectivity index (χ3v) is 6.64. The Morgan fingerprint density at radius 3 is 2.81 bits per heavy atom. The first-order valence-electron chi connectivity index (χ1n) is 10.4. The summed E-state index contributed by atoms with van der Waals surface area (Å²) in [5.74, 6) is -0.385. The van der Waals surface area contributed by atoms with Gasteiger partial charge in [0.25, 0.3) is 0 Å². The Balaban J connectivity index is 1.55. The minimum atomic E-state index is -0.926. The molecule has 0 radical (unpaired) electrons. The van der Waals surface area contributed by atoms with Crippen LogP contribution in [-0.2, 0) is 11.2 Å². The summed E-state index contributed by atoms with van der Waals surface area (Å²) in [5, 5.41) is 17.1. The normalized spacial score (nSPS) is 12.3. The Labute approximate surface area is 189 Å². The summed E-state index contributed by atoms with van der Waals surface area (Å²) >= 11 is 1.54. The number of H-pyrrole nitrogens is 1. The van der Waals surface area contributed by atoms with Gasteiger partial charge in [-0.25, -0.2) is 14.8 Å². The predicted molar refractivity (Wildman–Crippen MR) is 129 cm³/mol. The van der Waals surface area contributed by atoms with E-state index in [-0.39, 0.29) is 0 Å². The molecule has 3 heterocycles. The number of aryl methyl sites for hydroxylation is 2. The van der Waals surface area contributed by atoms with Crippen LogP contribution in [0.15, 0.2) is 60.4 Å². The number of carbonyl (C=O) groups is 1. The number of benzene rings is 2. The van der Waals surface area contributed by atoms with Crippen LogP contribution in [-0.4, -0.2) is 32.1 Å². The highest BCUT2D eigenvalue weighted by Gasteiger charge is 2.23. The largest absolute Gasteiger partial charge is 0.480 e. The fourth-order valence-electron chi connectivity index (χ4n) is 4.18. The molecule has 7 heteroatoms. The van der Waals surface area contributed by atoms with Gasteiger partial charge in [-0.3, -0.25) is 0 Å². The van der Waals surface area contributed by atoms with Gasteiger partial charge in [0.2, 0.25) is 0 Å². The number of anilines is 1. The van der Waals surface area contributed by atoms with Crippen molar-refractivity contribution in [1.82, 2.24) is 15.0 Å². The van der Waals surface area contributed by atoms with E-state index in [1.54, 1.807) is 0 Å².